The first-order valence-electron chi connectivity index (χ1n) is 10.5. The van der Waals surface area contributed by atoms with Crippen molar-refractivity contribution in [3.8, 4) is 5.75 Å². The summed E-state index contributed by atoms with van der Waals surface area (Å²) in [5.74, 6) is -2.65. The van der Waals surface area contributed by atoms with Crippen molar-refractivity contribution >= 4 is 11.9 Å². The van der Waals surface area contributed by atoms with Gasteiger partial charge in [0.05, 0.1) is 6.61 Å². The lowest BCUT2D eigenvalue weighted by Crippen LogP contribution is -2.32. The Morgan fingerprint density at radius 1 is 1.06 bits per heavy atom. The molecule has 3 aromatic rings. The number of carboxylic acids is 1. The molecule has 2 unspecified atom stereocenters. The van der Waals surface area contributed by atoms with Crippen LogP contribution in [0.5, 0.6) is 5.75 Å². The van der Waals surface area contributed by atoms with E-state index in [1.807, 2.05) is 30.3 Å². The van der Waals surface area contributed by atoms with Gasteiger partial charge < -0.3 is 20.2 Å². The summed E-state index contributed by atoms with van der Waals surface area (Å²) in [5.41, 5.74) is 1.58. The van der Waals surface area contributed by atoms with Crippen molar-refractivity contribution in [1.29, 1.82) is 0 Å². The van der Waals surface area contributed by atoms with Crippen molar-refractivity contribution < 1.29 is 29.3 Å². The highest BCUT2D eigenvalue weighted by molar-refractivity contribution is 5.89. The molecule has 7 nitrogen and oxygen atoms in total. The van der Waals surface area contributed by atoms with Crippen molar-refractivity contribution in [2.45, 2.75) is 32.0 Å². The van der Waals surface area contributed by atoms with Gasteiger partial charge in [-0.2, -0.15) is 0 Å². The Kier molecular flexibility index (Phi) is 6.37. The van der Waals surface area contributed by atoms with Crippen LogP contribution in [0.15, 0.2) is 60.8 Å². The SMILES string of the molecule is O=C(O)c1ncc(CN(Cc2ccc(F)cc2)C(=O)C2CC2c2ccccc2)c(CO)c1O. The molecule has 2 aromatic carbocycles. The van der Waals surface area contributed by atoms with Gasteiger partial charge in [0.15, 0.2) is 11.4 Å². The molecule has 0 aliphatic heterocycles. The number of carbonyl (C=O) groups is 2. The maximum absolute atomic E-state index is 13.4. The van der Waals surface area contributed by atoms with Crippen LogP contribution in [-0.4, -0.2) is 37.1 Å². The van der Waals surface area contributed by atoms with Crippen LogP contribution >= 0.6 is 0 Å². The number of carboxylic acid groups (broad SMARTS) is 1. The fourth-order valence-corrected chi connectivity index (χ4v) is 4.04. The molecule has 8 heteroatoms. The maximum atomic E-state index is 13.4. The highest BCUT2D eigenvalue weighted by Gasteiger charge is 2.45. The number of amides is 1. The Balaban J connectivity index is 1.62. The predicted molar refractivity (Wildman–Crippen MR) is 117 cm³/mol. The number of hydrogen-bond donors (Lipinski definition) is 3. The highest BCUT2D eigenvalue weighted by atomic mass is 19.1. The van der Waals surface area contributed by atoms with Gasteiger partial charge in [0, 0.05) is 30.8 Å². The molecule has 1 aromatic heterocycles. The number of aliphatic hydroxyl groups is 1. The van der Waals surface area contributed by atoms with Crippen molar-refractivity contribution in [3.63, 3.8) is 0 Å². The van der Waals surface area contributed by atoms with Gasteiger partial charge in [-0.1, -0.05) is 42.5 Å². The minimum atomic E-state index is -1.42. The summed E-state index contributed by atoms with van der Waals surface area (Å²) in [5, 5.41) is 29.2. The molecular formula is C25H23FN2O5. The molecule has 0 bridgehead atoms. The fraction of sp³-hybridized carbons (Fsp3) is 0.240. The lowest BCUT2D eigenvalue weighted by Gasteiger charge is -2.25. The zero-order chi connectivity index (χ0) is 23.5. The van der Waals surface area contributed by atoms with Gasteiger partial charge in [0.2, 0.25) is 5.91 Å². The summed E-state index contributed by atoms with van der Waals surface area (Å²) in [4.78, 5) is 30.1. The quantitative estimate of drug-likeness (QED) is 0.485. The van der Waals surface area contributed by atoms with E-state index in [1.165, 1.54) is 18.3 Å². The van der Waals surface area contributed by atoms with Gasteiger partial charge in [0.25, 0.3) is 0 Å². The lowest BCUT2D eigenvalue weighted by molar-refractivity contribution is -0.134. The minimum absolute atomic E-state index is 0.00454. The smallest absolute Gasteiger partial charge is 0.358 e. The summed E-state index contributed by atoms with van der Waals surface area (Å²) >= 11 is 0. The Morgan fingerprint density at radius 3 is 2.39 bits per heavy atom. The van der Waals surface area contributed by atoms with E-state index >= 15 is 0 Å². The minimum Gasteiger partial charge on any atom is -0.505 e. The van der Waals surface area contributed by atoms with E-state index in [2.05, 4.69) is 4.98 Å². The Hall–Kier alpha value is -3.78. The largest absolute Gasteiger partial charge is 0.505 e. The number of benzene rings is 2. The number of aromatic carboxylic acids is 1. The molecule has 1 aliphatic carbocycles. The summed E-state index contributed by atoms with van der Waals surface area (Å²) in [6.45, 7) is -0.424. The second-order valence-corrected chi connectivity index (χ2v) is 8.10. The van der Waals surface area contributed by atoms with Gasteiger partial charge in [0.1, 0.15) is 5.82 Å². The molecule has 1 amide bonds. The molecule has 2 atom stereocenters. The number of halogens is 1. The summed E-state index contributed by atoms with van der Waals surface area (Å²) in [7, 11) is 0. The van der Waals surface area contributed by atoms with Crippen LogP contribution in [0.3, 0.4) is 0 Å². The molecule has 1 saturated carbocycles. The van der Waals surface area contributed by atoms with Gasteiger partial charge in [-0.3, -0.25) is 4.79 Å². The van der Waals surface area contributed by atoms with Gasteiger partial charge in [-0.15, -0.1) is 0 Å². The number of rotatable bonds is 8. The molecular weight excluding hydrogens is 427 g/mol. The average molecular weight is 450 g/mol. The molecule has 33 heavy (non-hydrogen) atoms. The molecule has 3 N–H and O–H groups in total. The molecule has 4 rings (SSSR count). The Labute approximate surface area is 189 Å². The molecule has 170 valence electrons. The third kappa shape index (κ3) is 4.85. The molecule has 1 fully saturated rings. The van der Waals surface area contributed by atoms with E-state index in [0.717, 1.165) is 5.56 Å². The van der Waals surface area contributed by atoms with Gasteiger partial charge in [-0.25, -0.2) is 14.2 Å². The standard InChI is InChI=1S/C25H23FN2O5/c26-18-8-6-15(7-9-18)12-28(24(31)20-10-19(20)16-4-2-1-3-5-16)13-17-11-27-22(25(32)33)23(30)21(17)14-29/h1-9,11,19-20,29-30H,10,12-14H2,(H,32,33). The van der Waals surface area contributed by atoms with Crippen molar-refractivity contribution in [2.75, 3.05) is 0 Å². The Morgan fingerprint density at radius 2 is 1.76 bits per heavy atom. The predicted octanol–water partition coefficient (Wildman–Crippen LogP) is 3.45. The molecule has 0 radical (unpaired) electrons. The third-order valence-electron chi connectivity index (χ3n) is 5.90. The zero-order valence-electron chi connectivity index (χ0n) is 17.7. The molecule has 0 saturated heterocycles. The van der Waals surface area contributed by atoms with E-state index in [4.69, 9.17) is 0 Å². The maximum Gasteiger partial charge on any atom is 0.358 e. The second kappa shape index (κ2) is 9.38. The van der Waals surface area contributed by atoms with Crippen LogP contribution in [0.25, 0.3) is 0 Å². The highest BCUT2D eigenvalue weighted by Crippen LogP contribution is 2.48. The number of aromatic nitrogens is 1. The van der Waals surface area contributed by atoms with Gasteiger partial charge in [-0.05, 0) is 41.2 Å². The van der Waals surface area contributed by atoms with Crippen molar-refractivity contribution in [1.82, 2.24) is 9.88 Å². The topological polar surface area (TPSA) is 111 Å². The normalized spacial score (nSPS) is 16.9. The summed E-state index contributed by atoms with van der Waals surface area (Å²) in [6, 6.07) is 15.6. The van der Waals surface area contributed by atoms with Crippen LogP contribution in [-0.2, 0) is 24.5 Å². The summed E-state index contributed by atoms with van der Waals surface area (Å²) in [6.07, 6.45) is 1.96. The number of carbonyl (C=O) groups excluding carboxylic acids is 1. The van der Waals surface area contributed by atoms with E-state index in [1.54, 1.807) is 17.0 Å². The van der Waals surface area contributed by atoms with E-state index in [-0.39, 0.29) is 42.2 Å². The monoisotopic (exact) mass is 450 g/mol. The van der Waals surface area contributed by atoms with Crippen molar-refractivity contribution in [3.05, 3.63) is 94.6 Å². The first kappa shape index (κ1) is 22.4. The fourth-order valence-electron chi connectivity index (χ4n) is 4.04. The van der Waals surface area contributed by atoms with Crippen LogP contribution in [0.4, 0.5) is 4.39 Å². The second-order valence-electron chi connectivity index (χ2n) is 8.10. The number of pyridine rings is 1. The Bertz CT molecular complexity index is 1170. The van der Waals surface area contributed by atoms with E-state index in [9.17, 15) is 29.3 Å². The third-order valence-corrected chi connectivity index (χ3v) is 5.90. The molecule has 1 aliphatic rings. The number of nitrogens with zero attached hydrogens (tertiary/aromatic N) is 2. The van der Waals surface area contributed by atoms with Crippen LogP contribution in [0, 0.1) is 11.7 Å². The number of aliphatic hydroxyl groups excluding tert-OH is 1. The molecule has 1 heterocycles. The van der Waals surface area contributed by atoms with Crippen LogP contribution in [0.2, 0.25) is 0 Å². The number of hydrogen-bond acceptors (Lipinski definition) is 5. The van der Waals surface area contributed by atoms with Gasteiger partial charge >= 0.3 is 5.97 Å². The zero-order valence-corrected chi connectivity index (χ0v) is 17.7. The molecule has 0 spiro atoms. The first-order valence-corrected chi connectivity index (χ1v) is 10.5. The van der Waals surface area contributed by atoms with Crippen LogP contribution < -0.4 is 0 Å². The van der Waals surface area contributed by atoms with E-state index < -0.39 is 24.0 Å². The van der Waals surface area contributed by atoms with Crippen molar-refractivity contribution in [2.24, 2.45) is 5.92 Å². The van der Waals surface area contributed by atoms with Crippen LogP contribution in [0.1, 0.15) is 45.1 Å². The average Bonchev–Trinajstić information content (AvgIpc) is 3.61. The first-order chi connectivity index (χ1) is 15.9. The van der Waals surface area contributed by atoms with E-state index in [0.29, 0.717) is 17.5 Å². The lowest BCUT2D eigenvalue weighted by atomic mass is 10.1. The summed E-state index contributed by atoms with van der Waals surface area (Å²) < 4.78 is 13.4. The number of aromatic hydroxyl groups is 1.